The van der Waals surface area contributed by atoms with Gasteiger partial charge >= 0.3 is 0 Å². The number of hydrogen-bond acceptors (Lipinski definition) is 4. The molecule has 0 bridgehead atoms. The van der Waals surface area contributed by atoms with Gasteiger partial charge in [-0.25, -0.2) is 0 Å². The van der Waals surface area contributed by atoms with Gasteiger partial charge in [0.2, 0.25) is 0 Å². The van der Waals surface area contributed by atoms with Crippen molar-refractivity contribution in [2.45, 2.75) is 26.2 Å². The van der Waals surface area contributed by atoms with Gasteiger partial charge in [-0.05, 0) is 64.4 Å². The van der Waals surface area contributed by atoms with Crippen LogP contribution in [0.1, 0.15) is 26.3 Å². The van der Waals surface area contributed by atoms with Crippen molar-refractivity contribution in [3.05, 3.63) is 145 Å². The van der Waals surface area contributed by atoms with E-state index in [9.17, 15) is 5.11 Å². The van der Waals surface area contributed by atoms with Gasteiger partial charge < -0.3 is 9.67 Å². The summed E-state index contributed by atoms with van der Waals surface area (Å²) in [5, 5.41) is 14.3. The number of aromatic hydroxyl groups is 1. The number of para-hydroxylation sites is 3. The Hall–Kier alpha value is -4.83. The van der Waals surface area contributed by atoms with Gasteiger partial charge in [-0.15, -0.1) is 35.6 Å². The summed E-state index contributed by atoms with van der Waals surface area (Å²) in [6.07, 6.45) is 1.87. The van der Waals surface area contributed by atoms with Crippen LogP contribution in [0.2, 0.25) is 0 Å². The average molecular weight is 822 g/mol. The molecule has 0 saturated heterocycles. The van der Waals surface area contributed by atoms with E-state index in [-0.39, 0.29) is 32.2 Å². The van der Waals surface area contributed by atoms with Crippen LogP contribution >= 0.6 is 11.3 Å². The van der Waals surface area contributed by atoms with E-state index in [2.05, 4.69) is 116 Å². The van der Waals surface area contributed by atoms with Crippen LogP contribution in [-0.2, 0) is 26.5 Å². The van der Waals surface area contributed by atoms with E-state index in [1.54, 1.807) is 17.4 Å². The number of benzene rings is 4. The number of thiophene rings is 1. The van der Waals surface area contributed by atoms with E-state index < -0.39 is 0 Å². The molecule has 4 aromatic heterocycles. The first kappa shape index (κ1) is 31.8. The van der Waals surface area contributed by atoms with E-state index in [1.165, 1.54) is 26.7 Å². The van der Waals surface area contributed by atoms with Gasteiger partial charge in [0.25, 0.3) is 0 Å². The summed E-state index contributed by atoms with van der Waals surface area (Å²) in [7, 11) is 0. The van der Waals surface area contributed by atoms with E-state index in [0.717, 1.165) is 39.3 Å². The van der Waals surface area contributed by atoms with Crippen LogP contribution in [0.4, 0.5) is 0 Å². The smallest absolute Gasteiger partial charge is 0.124 e. The first-order valence-electron chi connectivity index (χ1n) is 15.7. The van der Waals surface area contributed by atoms with Crippen molar-refractivity contribution in [3.63, 3.8) is 0 Å². The maximum Gasteiger partial charge on any atom is 0.124 e. The monoisotopic (exact) mass is 821 g/mol. The molecule has 6 heteroatoms. The molecular weight excluding hydrogens is 790 g/mol. The third-order valence-electron chi connectivity index (χ3n) is 8.71. The molecule has 4 heterocycles. The second-order valence-corrected chi connectivity index (χ2v) is 13.7. The standard InChI is InChI=1S/C42H32N3OS.Pt/c1-42(2,3)30-19-21-43-34(26-30)27-11-10-12-28(23-27)35-24-29(25-36(44-35)32-14-6-9-18-40(32)46)31-13-4-7-16-37(31)45-38-17-8-5-15-33(38)41-39(45)20-22-47-41;/h4-22,24-26,46H,1-3H3;/q-1;. The molecule has 8 aromatic rings. The molecule has 0 spiro atoms. The summed E-state index contributed by atoms with van der Waals surface area (Å²) in [4.78, 5) is 9.82. The molecule has 48 heavy (non-hydrogen) atoms. The Morgan fingerprint density at radius 3 is 2.21 bits per heavy atom. The first-order chi connectivity index (χ1) is 22.8. The average Bonchev–Trinajstić information content (AvgIpc) is 3.69. The predicted molar refractivity (Wildman–Crippen MR) is 195 cm³/mol. The molecule has 4 nitrogen and oxygen atoms in total. The SMILES string of the molecule is CC(C)(C)c1ccnc(-c2[c-]c(-c3cc(-c4ccccc4-n4c5ccccc5c5sccc54)cc(-c4ccccc4O)n3)ccc2)c1.[Pt]. The van der Waals surface area contributed by atoms with E-state index in [0.29, 0.717) is 11.3 Å². The fraction of sp³-hybridized carbons (Fsp3) is 0.0952. The zero-order valence-corrected chi connectivity index (χ0v) is 29.8. The van der Waals surface area contributed by atoms with Crippen LogP contribution in [0.25, 0.3) is 71.7 Å². The molecule has 0 aliphatic carbocycles. The molecular formula is C42H32N3OPtS-. The predicted octanol–water partition coefficient (Wildman–Crippen LogP) is 11.1. The van der Waals surface area contributed by atoms with Crippen LogP contribution in [0, 0.1) is 6.07 Å². The summed E-state index contributed by atoms with van der Waals surface area (Å²) < 4.78 is 3.63. The molecule has 1 N–H and O–H groups in total. The Kier molecular flexibility index (Phi) is 8.37. The molecule has 0 fully saturated rings. The maximum atomic E-state index is 10.9. The zero-order chi connectivity index (χ0) is 32.1. The topological polar surface area (TPSA) is 50.9 Å². The normalized spacial score (nSPS) is 11.6. The molecule has 0 unspecified atom stereocenters. The third-order valence-corrected chi connectivity index (χ3v) is 9.65. The van der Waals surface area contributed by atoms with Gasteiger partial charge in [0.05, 0.1) is 27.1 Å². The van der Waals surface area contributed by atoms with Crippen molar-refractivity contribution in [1.29, 1.82) is 0 Å². The molecule has 8 rings (SSSR count). The summed E-state index contributed by atoms with van der Waals surface area (Å²) in [6, 6.07) is 44.9. The van der Waals surface area contributed by atoms with Crippen molar-refractivity contribution in [2.24, 2.45) is 0 Å². The van der Waals surface area contributed by atoms with Crippen LogP contribution < -0.4 is 0 Å². The number of aromatic nitrogens is 3. The third kappa shape index (κ3) is 5.68. The second-order valence-electron chi connectivity index (χ2n) is 12.8. The molecule has 0 saturated carbocycles. The minimum Gasteiger partial charge on any atom is -0.507 e. The van der Waals surface area contributed by atoms with E-state index in [4.69, 9.17) is 9.97 Å². The number of phenolic OH excluding ortho intramolecular Hbond substituents is 1. The molecule has 0 aliphatic heterocycles. The Labute approximate surface area is 298 Å². The summed E-state index contributed by atoms with van der Waals surface area (Å²) >= 11 is 1.77. The number of rotatable bonds is 5. The van der Waals surface area contributed by atoms with Crippen LogP contribution in [0.15, 0.2) is 133 Å². The minimum atomic E-state index is 0. The largest absolute Gasteiger partial charge is 0.507 e. The van der Waals surface area contributed by atoms with Gasteiger partial charge in [0.1, 0.15) is 5.75 Å². The number of pyridine rings is 2. The molecule has 4 aromatic carbocycles. The van der Waals surface area contributed by atoms with Crippen LogP contribution in [-0.4, -0.2) is 19.6 Å². The van der Waals surface area contributed by atoms with Crippen molar-refractivity contribution < 1.29 is 26.2 Å². The Morgan fingerprint density at radius 1 is 0.688 bits per heavy atom. The Bertz CT molecular complexity index is 2430. The molecule has 0 amide bonds. The fourth-order valence-corrected chi connectivity index (χ4v) is 7.22. The van der Waals surface area contributed by atoms with Crippen molar-refractivity contribution in [1.82, 2.24) is 14.5 Å². The van der Waals surface area contributed by atoms with Crippen LogP contribution in [0.5, 0.6) is 5.75 Å². The second kappa shape index (κ2) is 12.6. The van der Waals surface area contributed by atoms with Gasteiger partial charge in [0.15, 0.2) is 0 Å². The van der Waals surface area contributed by atoms with Crippen molar-refractivity contribution in [3.8, 4) is 56.3 Å². The van der Waals surface area contributed by atoms with Crippen molar-refractivity contribution >= 4 is 32.5 Å². The van der Waals surface area contributed by atoms with E-state index in [1.807, 2.05) is 42.6 Å². The molecule has 0 radical (unpaired) electrons. The van der Waals surface area contributed by atoms with Gasteiger partial charge in [0, 0.05) is 55.2 Å². The number of fused-ring (bicyclic) bond motifs is 3. The van der Waals surface area contributed by atoms with E-state index >= 15 is 0 Å². The zero-order valence-electron chi connectivity index (χ0n) is 26.7. The van der Waals surface area contributed by atoms with Gasteiger partial charge in [-0.2, -0.15) is 0 Å². The van der Waals surface area contributed by atoms with Crippen LogP contribution in [0.3, 0.4) is 0 Å². The maximum absolute atomic E-state index is 10.9. The summed E-state index contributed by atoms with van der Waals surface area (Å²) in [5.74, 6) is 0.189. The number of nitrogens with zero attached hydrogens (tertiary/aromatic N) is 3. The first-order valence-corrected chi connectivity index (χ1v) is 16.6. The van der Waals surface area contributed by atoms with Gasteiger partial charge in [-0.3, -0.25) is 9.97 Å². The molecule has 0 aliphatic rings. The quantitative estimate of drug-likeness (QED) is 0.176. The summed E-state index contributed by atoms with van der Waals surface area (Å²) in [6.45, 7) is 6.62. The van der Waals surface area contributed by atoms with Crippen molar-refractivity contribution in [2.75, 3.05) is 0 Å². The summed E-state index contributed by atoms with van der Waals surface area (Å²) in [5.41, 5.74) is 11.5. The Balaban J connectivity index is 0.00000364. The minimum absolute atomic E-state index is 0. The number of phenols is 1. The Morgan fingerprint density at radius 2 is 1.40 bits per heavy atom. The number of hydrogen-bond donors (Lipinski definition) is 1. The fourth-order valence-electron chi connectivity index (χ4n) is 6.31. The molecule has 238 valence electrons. The van der Waals surface area contributed by atoms with Gasteiger partial charge in [-0.1, -0.05) is 92.6 Å². The molecule has 0 atom stereocenters.